The van der Waals surface area contributed by atoms with Crippen LogP contribution in [0.25, 0.3) is 22.2 Å². The molecule has 1 aliphatic rings. The molecule has 2 aromatic carbocycles. The smallest absolute Gasteiger partial charge is 0.151 e. The van der Waals surface area contributed by atoms with Crippen LogP contribution in [0, 0.1) is 5.82 Å². The molecule has 1 N–H and O–H groups in total. The van der Waals surface area contributed by atoms with E-state index in [1.165, 1.54) is 12.1 Å². The number of halogens is 1. The fourth-order valence-electron chi connectivity index (χ4n) is 3.55. The Bertz CT molecular complexity index is 1130. The van der Waals surface area contributed by atoms with E-state index in [1.807, 2.05) is 30.3 Å². The van der Waals surface area contributed by atoms with E-state index in [9.17, 15) is 12.8 Å². The molecule has 5 nitrogen and oxygen atoms in total. The lowest BCUT2D eigenvalue weighted by Gasteiger charge is -2.15. The van der Waals surface area contributed by atoms with Gasteiger partial charge in [0.15, 0.2) is 9.84 Å². The number of methoxy groups -OCH3 is 1. The van der Waals surface area contributed by atoms with E-state index in [-0.39, 0.29) is 23.4 Å². The fourth-order valence-corrected chi connectivity index (χ4v) is 5.26. The quantitative estimate of drug-likeness (QED) is 0.712. The Morgan fingerprint density at radius 1 is 1.21 bits per heavy atom. The van der Waals surface area contributed by atoms with Gasteiger partial charge in [0.05, 0.1) is 29.8 Å². The number of nitrogens with one attached hydrogen (secondary N) is 1. The Kier molecular flexibility index (Phi) is 5.03. The minimum Gasteiger partial charge on any atom is -0.497 e. The van der Waals surface area contributed by atoms with E-state index in [4.69, 9.17) is 9.72 Å². The van der Waals surface area contributed by atoms with Crippen molar-refractivity contribution in [1.82, 2.24) is 10.3 Å². The first-order chi connectivity index (χ1) is 13.4. The van der Waals surface area contributed by atoms with Crippen LogP contribution in [0.2, 0.25) is 0 Å². The van der Waals surface area contributed by atoms with E-state index >= 15 is 0 Å². The number of benzene rings is 2. The Morgan fingerprint density at radius 2 is 2.07 bits per heavy atom. The standard InChI is InChI=1S/C21H21FN2O3S/c1-27-19-4-2-3-15(10-19)21-16(12-23-18-7-8-28(25,26)13-18)9-14-5-6-17(22)11-20(14)24-21/h2-6,9-11,18,23H,7-8,12-13H2,1H3. The highest BCUT2D eigenvalue weighted by molar-refractivity contribution is 7.91. The van der Waals surface area contributed by atoms with Crippen molar-refractivity contribution in [3.63, 3.8) is 0 Å². The van der Waals surface area contributed by atoms with Crippen molar-refractivity contribution < 1.29 is 17.5 Å². The Balaban J connectivity index is 1.73. The van der Waals surface area contributed by atoms with E-state index in [2.05, 4.69) is 5.32 Å². The predicted molar refractivity (Wildman–Crippen MR) is 108 cm³/mol. The molecule has 1 unspecified atom stereocenters. The number of ether oxygens (including phenoxy) is 1. The summed E-state index contributed by atoms with van der Waals surface area (Å²) in [6.07, 6.45) is 0.614. The van der Waals surface area contributed by atoms with Crippen LogP contribution in [0.5, 0.6) is 5.75 Å². The van der Waals surface area contributed by atoms with Crippen molar-refractivity contribution in [2.45, 2.75) is 19.0 Å². The second-order valence-electron chi connectivity index (χ2n) is 7.05. The van der Waals surface area contributed by atoms with E-state index < -0.39 is 9.84 Å². The zero-order chi connectivity index (χ0) is 19.7. The molecule has 1 atom stereocenters. The van der Waals surface area contributed by atoms with Crippen molar-refractivity contribution in [2.75, 3.05) is 18.6 Å². The van der Waals surface area contributed by atoms with Crippen molar-refractivity contribution in [2.24, 2.45) is 0 Å². The molecule has 0 amide bonds. The molecule has 2 heterocycles. The van der Waals surface area contributed by atoms with Crippen molar-refractivity contribution >= 4 is 20.7 Å². The summed E-state index contributed by atoms with van der Waals surface area (Å²) in [7, 11) is -1.34. The molecular weight excluding hydrogens is 379 g/mol. The first-order valence-corrected chi connectivity index (χ1v) is 10.9. The van der Waals surface area contributed by atoms with Gasteiger partial charge in [-0.3, -0.25) is 0 Å². The molecule has 7 heteroatoms. The minimum absolute atomic E-state index is 0.0629. The van der Waals surface area contributed by atoms with Gasteiger partial charge in [0, 0.05) is 29.6 Å². The SMILES string of the molecule is COc1cccc(-c2nc3cc(F)ccc3cc2CNC2CCS(=O)(=O)C2)c1. The summed E-state index contributed by atoms with van der Waals surface area (Å²) in [5, 5.41) is 4.18. The van der Waals surface area contributed by atoms with Crippen LogP contribution < -0.4 is 10.1 Å². The van der Waals surface area contributed by atoms with E-state index in [0.717, 1.165) is 22.2 Å². The molecule has 0 aliphatic carbocycles. The predicted octanol–water partition coefficient (Wildman–Crippen LogP) is 3.33. The molecule has 0 spiro atoms. The average molecular weight is 400 g/mol. The Hall–Kier alpha value is -2.51. The molecule has 3 aromatic rings. The minimum atomic E-state index is -2.95. The zero-order valence-electron chi connectivity index (χ0n) is 15.5. The van der Waals surface area contributed by atoms with Gasteiger partial charge in [0.25, 0.3) is 0 Å². The molecule has 28 heavy (non-hydrogen) atoms. The Morgan fingerprint density at radius 3 is 2.82 bits per heavy atom. The van der Waals surface area contributed by atoms with Crippen molar-refractivity contribution in [3.8, 4) is 17.0 Å². The van der Waals surface area contributed by atoms with Crippen LogP contribution in [0.15, 0.2) is 48.5 Å². The van der Waals surface area contributed by atoms with Crippen LogP contribution in [-0.2, 0) is 16.4 Å². The summed E-state index contributed by atoms with van der Waals surface area (Å²) in [4.78, 5) is 4.70. The number of nitrogens with zero attached hydrogens (tertiary/aromatic N) is 1. The first-order valence-electron chi connectivity index (χ1n) is 9.11. The van der Waals surface area contributed by atoms with Gasteiger partial charge in [-0.2, -0.15) is 0 Å². The molecule has 0 radical (unpaired) electrons. The maximum absolute atomic E-state index is 13.7. The number of hydrogen-bond donors (Lipinski definition) is 1. The molecule has 0 bridgehead atoms. The maximum Gasteiger partial charge on any atom is 0.151 e. The van der Waals surface area contributed by atoms with Gasteiger partial charge in [-0.05, 0) is 42.3 Å². The third-order valence-corrected chi connectivity index (χ3v) is 6.78. The van der Waals surface area contributed by atoms with Crippen LogP contribution >= 0.6 is 0 Å². The molecule has 4 rings (SSSR count). The molecule has 1 saturated heterocycles. The number of pyridine rings is 1. The largest absolute Gasteiger partial charge is 0.497 e. The monoisotopic (exact) mass is 400 g/mol. The van der Waals surface area contributed by atoms with Crippen LogP contribution in [0.1, 0.15) is 12.0 Å². The van der Waals surface area contributed by atoms with Crippen LogP contribution in [0.3, 0.4) is 0 Å². The molecular formula is C21H21FN2O3S. The van der Waals surface area contributed by atoms with Gasteiger partial charge in [-0.25, -0.2) is 17.8 Å². The average Bonchev–Trinajstić information content (AvgIpc) is 3.04. The number of hydrogen-bond acceptors (Lipinski definition) is 5. The first kappa shape index (κ1) is 18.8. The Labute approximate surface area is 163 Å². The molecule has 0 saturated carbocycles. The number of sulfone groups is 1. The summed E-state index contributed by atoms with van der Waals surface area (Å²) in [6, 6.07) is 14.0. The van der Waals surface area contributed by atoms with Gasteiger partial charge < -0.3 is 10.1 Å². The lowest BCUT2D eigenvalue weighted by molar-refractivity contribution is 0.415. The number of aromatic nitrogens is 1. The third-order valence-electron chi connectivity index (χ3n) is 5.02. The summed E-state index contributed by atoms with van der Waals surface area (Å²) in [6.45, 7) is 0.479. The second kappa shape index (κ2) is 7.48. The summed E-state index contributed by atoms with van der Waals surface area (Å²) >= 11 is 0. The lowest BCUT2D eigenvalue weighted by Crippen LogP contribution is -2.29. The van der Waals surface area contributed by atoms with Gasteiger partial charge in [-0.15, -0.1) is 0 Å². The van der Waals surface area contributed by atoms with E-state index in [0.29, 0.717) is 24.2 Å². The molecule has 146 valence electrons. The maximum atomic E-state index is 13.7. The fraction of sp³-hybridized carbons (Fsp3) is 0.286. The summed E-state index contributed by atoms with van der Waals surface area (Å²) in [5.74, 6) is 0.758. The highest BCUT2D eigenvalue weighted by Gasteiger charge is 2.27. The molecule has 1 aliphatic heterocycles. The van der Waals surface area contributed by atoms with Crippen LogP contribution in [0.4, 0.5) is 4.39 Å². The molecule has 1 fully saturated rings. The zero-order valence-corrected chi connectivity index (χ0v) is 16.3. The number of fused-ring (bicyclic) bond motifs is 1. The molecule has 1 aromatic heterocycles. The van der Waals surface area contributed by atoms with Crippen molar-refractivity contribution in [1.29, 1.82) is 0 Å². The van der Waals surface area contributed by atoms with Gasteiger partial charge in [-0.1, -0.05) is 12.1 Å². The van der Waals surface area contributed by atoms with E-state index in [1.54, 1.807) is 13.2 Å². The summed E-state index contributed by atoms with van der Waals surface area (Å²) in [5.41, 5.74) is 3.09. The van der Waals surface area contributed by atoms with Crippen molar-refractivity contribution in [3.05, 3.63) is 59.9 Å². The normalized spacial score (nSPS) is 18.4. The third kappa shape index (κ3) is 4.00. The highest BCUT2D eigenvalue weighted by Crippen LogP contribution is 2.29. The highest BCUT2D eigenvalue weighted by atomic mass is 32.2. The number of rotatable bonds is 5. The second-order valence-corrected chi connectivity index (χ2v) is 9.27. The van der Waals surface area contributed by atoms with Crippen LogP contribution in [-0.4, -0.2) is 38.1 Å². The van der Waals surface area contributed by atoms with Gasteiger partial charge in [0.1, 0.15) is 11.6 Å². The van der Waals surface area contributed by atoms with Gasteiger partial charge in [0.2, 0.25) is 0 Å². The topological polar surface area (TPSA) is 68.3 Å². The summed E-state index contributed by atoms with van der Waals surface area (Å²) < 4.78 is 42.4. The van der Waals surface area contributed by atoms with Gasteiger partial charge >= 0.3 is 0 Å². The lowest BCUT2D eigenvalue weighted by atomic mass is 10.0.